The Morgan fingerprint density at radius 1 is 1.05 bits per heavy atom. The normalized spacial score (nSPS) is 9.68. The maximum atomic E-state index is 9.20. The molecule has 0 N–H and O–H groups in total. The van der Waals surface area contributed by atoms with Crippen molar-refractivity contribution in [3.63, 3.8) is 0 Å². The van der Waals surface area contributed by atoms with Crippen LogP contribution >= 0.6 is 27.7 Å². The van der Waals surface area contributed by atoms with Gasteiger partial charge in [0.05, 0.1) is 11.1 Å². The molecule has 0 spiro atoms. The van der Waals surface area contributed by atoms with E-state index >= 15 is 0 Å². The van der Waals surface area contributed by atoms with Crippen molar-refractivity contribution < 1.29 is 0 Å². The van der Waals surface area contributed by atoms with Crippen LogP contribution in [-0.4, -0.2) is 0 Å². The molecule has 0 aliphatic carbocycles. The Balaban J connectivity index is 2.45. The highest BCUT2D eigenvalue weighted by Crippen LogP contribution is 2.34. The predicted octanol–water partition coefficient (Wildman–Crippen LogP) is 4.65. The molecule has 0 heterocycles. The molecule has 4 heteroatoms. The molecule has 0 radical (unpaired) electrons. The van der Waals surface area contributed by atoms with Gasteiger partial charge in [-0.2, -0.15) is 10.5 Å². The summed E-state index contributed by atoms with van der Waals surface area (Å²) in [6.07, 6.45) is 0. The standard InChI is InChI=1S/C15H9BrN2S/c1-10-7-12(16)5-6-14(10)19-15-4-2-3-11(8-17)13(15)9-18/h2-7H,1H3. The number of rotatable bonds is 2. The van der Waals surface area contributed by atoms with E-state index in [1.165, 1.54) is 11.8 Å². The first-order valence-electron chi connectivity index (χ1n) is 5.53. The van der Waals surface area contributed by atoms with E-state index in [1.54, 1.807) is 12.1 Å². The molecule has 0 saturated heterocycles. The fraction of sp³-hybridized carbons (Fsp3) is 0.0667. The second-order valence-electron chi connectivity index (χ2n) is 3.91. The summed E-state index contributed by atoms with van der Waals surface area (Å²) < 4.78 is 1.03. The Morgan fingerprint density at radius 2 is 1.84 bits per heavy atom. The minimum absolute atomic E-state index is 0.419. The first-order chi connectivity index (χ1) is 9.15. The van der Waals surface area contributed by atoms with E-state index in [4.69, 9.17) is 5.26 Å². The lowest BCUT2D eigenvalue weighted by Gasteiger charge is -2.08. The first kappa shape index (κ1) is 13.7. The van der Waals surface area contributed by atoms with Gasteiger partial charge in [-0.25, -0.2) is 0 Å². The fourth-order valence-corrected chi connectivity index (χ4v) is 3.14. The number of hydrogen-bond donors (Lipinski definition) is 0. The summed E-state index contributed by atoms with van der Waals surface area (Å²) in [5, 5.41) is 18.2. The van der Waals surface area contributed by atoms with E-state index in [-0.39, 0.29) is 0 Å². The fourth-order valence-electron chi connectivity index (χ4n) is 1.67. The van der Waals surface area contributed by atoms with Gasteiger partial charge in [-0.1, -0.05) is 33.8 Å². The quantitative estimate of drug-likeness (QED) is 0.805. The Morgan fingerprint density at radius 3 is 2.47 bits per heavy atom. The molecule has 0 fully saturated rings. The second-order valence-corrected chi connectivity index (χ2v) is 5.91. The zero-order chi connectivity index (χ0) is 13.8. The zero-order valence-electron chi connectivity index (χ0n) is 10.1. The third kappa shape index (κ3) is 2.98. The summed E-state index contributed by atoms with van der Waals surface area (Å²) in [5.41, 5.74) is 1.99. The number of benzene rings is 2. The van der Waals surface area contributed by atoms with E-state index in [9.17, 15) is 5.26 Å². The van der Waals surface area contributed by atoms with Crippen molar-refractivity contribution in [1.82, 2.24) is 0 Å². The van der Waals surface area contributed by atoms with Crippen molar-refractivity contribution >= 4 is 27.7 Å². The molecule has 0 aliphatic rings. The van der Waals surface area contributed by atoms with Gasteiger partial charge < -0.3 is 0 Å². The van der Waals surface area contributed by atoms with Crippen LogP contribution in [0, 0.1) is 29.6 Å². The average Bonchev–Trinajstić information content (AvgIpc) is 2.41. The molecule has 0 aliphatic heterocycles. The largest absolute Gasteiger partial charge is 0.192 e. The van der Waals surface area contributed by atoms with Crippen LogP contribution in [0.5, 0.6) is 0 Å². The van der Waals surface area contributed by atoms with Crippen LogP contribution in [0.25, 0.3) is 0 Å². The minimum Gasteiger partial charge on any atom is -0.192 e. The van der Waals surface area contributed by atoms with Crippen LogP contribution < -0.4 is 0 Å². The van der Waals surface area contributed by atoms with Gasteiger partial charge in [0.1, 0.15) is 12.1 Å². The molecular formula is C15H9BrN2S. The molecule has 0 bridgehead atoms. The molecule has 92 valence electrons. The molecule has 0 saturated carbocycles. The maximum Gasteiger partial charge on any atom is 0.102 e. The van der Waals surface area contributed by atoms with E-state index in [1.807, 2.05) is 31.2 Å². The maximum absolute atomic E-state index is 9.20. The van der Waals surface area contributed by atoms with Crippen LogP contribution in [0.3, 0.4) is 0 Å². The first-order valence-corrected chi connectivity index (χ1v) is 7.14. The lowest BCUT2D eigenvalue weighted by atomic mass is 10.1. The Kier molecular flexibility index (Phi) is 4.27. The molecule has 2 nitrogen and oxygen atoms in total. The third-order valence-electron chi connectivity index (χ3n) is 2.62. The number of aryl methyl sites for hydroxylation is 1. The monoisotopic (exact) mass is 328 g/mol. The summed E-state index contributed by atoms with van der Waals surface area (Å²) in [6.45, 7) is 2.02. The molecule has 0 amide bonds. The van der Waals surface area contributed by atoms with Gasteiger partial charge in [0.15, 0.2) is 0 Å². The lowest BCUT2D eigenvalue weighted by molar-refractivity contribution is 1.27. The highest BCUT2D eigenvalue weighted by molar-refractivity contribution is 9.10. The van der Waals surface area contributed by atoms with Crippen molar-refractivity contribution in [3.8, 4) is 12.1 Å². The Labute approximate surface area is 124 Å². The van der Waals surface area contributed by atoms with E-state index in [0.29, 0.717) is 11.1 Å². The Bertz CT molecular complexity index is 711. The summed E-state index contributed by atoms with van der Waals surface area (Å²) >= 11 is 4.94. The highest BCUT2D eigenvalue weighted by Gasteiger charge is 2.10. The SMILES string of the molecule is Cc1cc(Br)ccc1Sc1cccc(C#N)c1C#N. The number of nitriles is 2. The van der Waals surface area contributed by atoms with Gasteiger partial charge >= 0.3 is 0 Å². The van der Waals surface area contributed by atoms with Gasteiger partial charge in [-0.15, -0.1) is 0 Å². The van der Waals surface area contributed by atoms with Crippen LogP contribution in [0.15, 0.2) is 50.7 Å². The molecular weight excluding hydrogens is 320 g/mol. The van der Waals surface area contributed by atoms with E-state index in [2.05, 4.69) is 28.1 Å². The van der Waals surface area contributed by atoms with Crippen molar-refractivity contribution in [1.29, 1.82) is 10.5 Å². The Hall–Kier alpha value is -1.75. The predicted molar refractivity (Wildman–Crippen MR) is 78.9 cm³/mol. The number of hydrogen-bond acceptors (Lipinski definition) is 3. The summed E-state index contributed by atoms with van der Waals surface area (Å²) in [4.78, 5) is 1.89. The number of nitrogens with zero attached hydrogens (tertiary/aromatic N) is 2. The molecule has 0 atom stereocenters. The van der Waals surface area contributed by atoms with Crippen molar-refractivity contribution in [3.05, 3.63) is 57.6 Å². The topological polar surface area (TPSA) is 47.6 Å². The average molecular weight is 329 g/mol. The van der Waals surface area contributed by atoms with E-state index in [0.717, 1.165) is 19.8 Å². The van der Waals surface area contributed by atoms with Crippen LogP contribution in [0.2, 0.25) is 0 Å². The zero-order valence-corrected chi connectivity index (χ0v) is 12.5. The van der Waals surface area contributed by atoms with Gasteiger partial charge in [0, 0.05) is 14.3 Å². The molecule has 19 heavy (non-hydrogen) atoms. The summed E-state index contributed by atoms with van der Waals surface area (Å²) in [6, 6.07) is 15.5. The van der Waals surface area contributed by atoms with Crippen LogP contribution in [-0.2, 0) is 0 Å². The smallest absolute Gasteiger partial charge is 0.102 e. The summed E-state index contributed by atoms with van der Waals surface area (Å²) in [7, 11) is 0. The molecule has 0 unspecified atom stereocenters. The van der Waals surface area contributed by atoms with Crippen molar-refractivity contribution in [2.24, 2.45) is 0 Å². The highest BCUT2D eigenvalue weighted by atomic mass is 79.9. The lowest BCUT2D eigenvalue weighted by Crippen LogP contribution is -1.88. The van der Waals surface area contributed by atoms with Crippen LogP contribution in [0.4, 0.5) is 0 Å². The van der Waals surface area contributed by atoms with Gasteiger partial charge in [-0.05, 0) is 42.8 Å². The van der Waals surface area contributed by atoms with Gasteiger partial charge in [0.2, 0.25) is 0 Å². The van der Waals surface area contributed by atoms with Gasteiger partial charge in [0.25, 0.3) is 0 Å². The van der Waals surface area contributed by atoms with Gasteiger partial charge in [-0.3, -0.25) is 0 Å². The van der Waals surface area contributed by atoms with Crippen molar-refractivity contribution in [2.75, 3.05) is 0 Å². The minimum atomic E-state index is 0.419. The van der Waals surface area contributed by atoms with Crippen LogP contribution in [0.1, 0.15) is 16.7 Å². The summed E-state index contributed by atoms with van der Waals surface area (Å²) in [5.74, 6) is 0. The molecule has 2 aromatic rings. The number of halogens is 1. The third-order valence-corrected chi connectivity index (χ3v) is 4.35. The molecule has 2 aromatic carbocycles. The van der Waals surface area contributed by atoms with Crippen molar-refractivity contribution in [2.45, 2.75) is 16.7 Å². The second kappa shape index (κ2) is 5.93. The molecule has 0 aromatic heterocycles. The van der Waals surface area contributed by atoms with E-state index < -0.39 is 0 Å². The molecule has 2 rings (SSSR count).